The van der Waals surface area contributed by atoms with E-state index < -0.39 is 0 Å². The van der Waals surface area contributed by atoms with E-state index in [1.807, 2.05) is 0 Å². The molecule has 0 fully saturated rings. The predicted octanol–water partition coefficient (Wildman–Crippen LogP) is 12.7. The molecule has 0 N–H and O–H groups in total. The molecule has 2 unspecified atom stereocenters. The van der Waals surface area contributed by atoms with E-state index in [0.717, 1.165) is 48.2 Å². The summed E-state index contributed by atoms with van der Waals surface area (Å²) in [6.07, 6.45) is 8.46. The topological polar surface area (TPSA) is 20.9 Å². The Kier molecular flexibility index (Phi) is 7.61. The van der Waals surface area contributed by atoms with Gasteiger partial charge in [0.2, 0.25) is 11.4 Å². The van der Waals surface area contributed by atoms with E-state index in [2.05, 4.69) is 159 Å². The van der Waals surface area contributed by atoms with E-state index in [4.69, 9.17) is 11.0 Å². The number of aryl methyl sites for hydroxylation is 3. The highest BCUT2D eigenvalue weighted by atomic mass is 32.1. The van der Waals surface area contributed by atoms with E-state index in [9.17, 15) is 0 Å². The third-order valence-corrected chi connectivity index (χ3v) is 13.0. The molecule has 0 aliphatic carbocycles. The van der Waals surface area contributed by atoms with E-state index >= 15 is 0 Å². The molecule has 10 rings (SSSR count). The Balaban J connectivity index is 1.30. The molecule has 0 amide bonds. The summed E-state index contributed by atoms with van der Waals surface area (Å²) in [5, 5.41) is 5.76. The van der Waals surface area contributed by atoms with Gasteiger partial charge in [0.05, 0.1) is 16.7 Å². The van der Waals surface area contributed by atoms with Crippen LogP contribution < -0.4 is 9.13 Å². The highest BCUT2D eigenvalue weighted by molar-refractivity contribution is 7.18. The number of hydrogen-bond donors (Lipinski definition) is 0. The third kappa shape index (κ3) is 5.21. The summed E-state index contributed by atoms with van der Waals surface area (Å²) in [5.41, 5.74) is 17.5. The Morgan fingerprint density at radius 2 is 1.57 bits per heavy atom. The minimum atomic E-state index is 0.0837. The van der Waals surface area contributed by atoms with Gasteiger partial charge in [-0.3, -0.25) is 0 Å². The van der Waals surface area contributed by atoms with Gasteiger partial charge >= 0.3 is 0 Å². The van der Waals surface area contributed by atoms with Crippen molar-refractivity contribution >= 4 is 49.1 Å². The Morgan fingerprint density at radius 1 is 0.796 bits per heavy atom. The molecule has 4 aromatic carbocycles. The van der Waals surface area contributed by atoms with Crippen LogP contribution in [-0.2, 0) is 12.8 Å². The second kappa shape index (κ2) is 12.4. The lowest BCUT2D eigenvalue weighted by Gasteiger charge is -2.31. The maximum atomic E-state index is 7.16. The number of hydrogen-bond acceptors (Lipinski definition) is 2. The largest absolute Gasteiger partial charge is 0.454 e. The lowest BCUT2D eigenvalue weighted by atomic mass is 9.77. The molecule has 2 aliphatic rings. The van der Waals surface area contributed by atoms with Crippen molar-refractivity contribution in [2.45, 2.75) is 72.3 Å². The summed E-state index contributed by atoms with van der Waals surface area (Å²) in [7, 11) is 0. The summed E-state index contributed by atoms with van der Waals surface area (Å²) in [4.78, 5) is 0. The van der Waals surface area contributed by atoms with E-state index in [1.54, 1.807) is 11.3 Å². The van der Waals surface area contributed by atoms with Crippen molar-refractivity contribution in [2.24, 2.45) is 5.41 Å². The molecule has 0 spiro atoms. The number of pyridine rings is 2. The molecule has 6 heterocycles. The fraction of sp³-hybridized carbons (Fsp3) is 0.240. The number of thiophene rings is 1. The second-order valence-corrected chi connectivity index (χ2v) is 17.8. The fourth-order valence-corrected chi connectivity index (χ4v) is 10.6. The summed E-state index contributed by atoms with van der Waals surface area (Å²) in [6.45, 7) is 16.5. The molecule has 3 nitrogen and oxygen atoms in total. The Morgan fingerprint density at radius 3 is 2.41 bits per heavy atom. The highest BCUT2D eigenvalue weighted by Gasteiger charge is 2.43. The van der Waals surface area contributed by atoms with Crippen molar-refractivity contribution in [3.8, 4) is 33.6 Å². The van der Waals surface area contributed by atoms with Gasteiger partial charge in [-0.05, 0) is 114 Å². The molecular formula is C50H46N2OS+2. The first kappa shape index (κ1) is 33.3. The highest BCUT2D eigenvalue weighted by Crippen LogP contribution is 2.47. The van der Waals surface area contributed by atoms with Crippen LogP contribution in [0.15, 0.2) is 126 Å². The summed E-state index contributed by atoms with van der Waals surface area (Å²) in [5.74, 6) is 0.327. The lowest BCUT2D eigenvalue weighted by molar-refractivity contribution is -0.720. The van der Waals surface area contributed by atoms with Gasteiger partial charge in [-0.2, -0.15) is 9.13 Å². The maximum Gasteiger partial charge on any atom is 0.222 e. The van der Waals surface area contributed by atoms with Gasteiger partial charge in [0.25, 0.3) is 0 Å². The molecule has 8 aromatic rings. The van der Waals surface area contributed by atoms with Gasteiger partial charge in [0.1, 0.15) is 5.58 Å². The van der Waals surface area contributed by atoms with Crippen molar-refractivity contribution in [2.75, 3.05) is 0 Å². The minimum Gasteiger partial charge on any atom is -0.454 e. The molecule has 266 valence electrons. The lowest BCUT2D eigenvalue weighted by Crippen LogP contribution is -2.49. The fourth-order valence-electron chi connectivity index (χ4n) is 9.75. The SMILES string of the molecule is C=C1CC2C(CCc3ccc4c(oc5c4ccc4ccsc45)c3-c3cc(-c4c(C)cccc4C)c(CC(C)(C)C)c[n+]31)c1ccccc1-c1cccc[n+]12. The molecule has 0 saturated carbocycles. The van der Waals surface area contributed by atoms with Crippen molar-refractivity contribution in [3.05, 3.63) is 149 Å². The number of furan rings is 1. The van der Waals surface area contributed by atoms with Crippen LogP contribution in [0.1, 0.15) is 73.4 Å². The van der Waals surface area contributed by atoms with Crippen LogP contribution in [0, 0.1) is 19.3 Å². The molecule has 54 heavy (non-hydrogen) atoms. The first-order valence-corrected chi connectivity index (χ1v) is 20.3. The number of aromatic nitrogens is 2. The first-order chi connectivity index (χ1) is 26.1. The van der Waals surface area contributed by atoms with Gasteiger partial charge in [-0.1, -0.05) is 75.4 Å². The third-order valence-electron chi connectivity index (χ3n) is 12.1. The van der Waals surface area contributed by atoms with Crippen LogP contribution in [0.2, 0.25) is 0 Å². The predicted molar refractivity (Wildman–Crippen MR) is 225 cm³/mol. The number of nitrogens with zero attached hydrogens (tertiary/aromatic N) is 2. The van der Waals surface area contributed by atoms with E-state index in [0.29, 0.717) is 5.92 Å². The molecule has 2 aliphatic heterocycles. The molecule has 0 radical (unpaired) electrons. The molecule has 4 aromatic heterocycles. The van der Waals surface area contributed by atoms with Gasteiger partial charge in [-0.25, -0.2) is 0 Å². The maximum absolute atomic E-state index is 7.16. The average molecular weight is 723 g/mol. The number of benzene rings is 4. The minimum absolute atomic E-state index is 0.0837. The molecular weight excluding hydrogens is 677 g/mol. The molecule has 2 atom stereocenters. The molecule has 0 bridgehead atoms. The number of allylic oxidation sites excluding steroid dienone is 1. The Bertz CT molecular complexity index is 2810. The quantitative estimate of drug-likeness (QED) is 0.163. The summed E-state index contributed by atoms with van der Waals surface area (Å²) >= 11 is 1.76. The average Bonchev–Trinajstić information content (AvgIpc) is 3.79. The first-order valence-electron chi connectivity index (χ1n) is 19.4. The zero-order valence-corrected chi connectivity index (χ0v) is 32.7. The Labute approximate surface area is 321 Å². The van der Waals surface area contributed by atoms with Crippen LogP contribution in [0.5, 0.6) is 0 Å². The number of fused-ring (bicyclic) bond motifs is 15. The Hall–Kier alpha value is -5.32. The molecule has 4 heteroatoms. The summed E-state index contributed by atoms with van der Waals surface area (Å²) in [6, 6.07) is 36.6. The monoisotopic (exact) mass is 722 g/mol. The van der Waals surface area contributed by atoms with Gasteiger partial charge < -0.3 is 4.42 Å². The number of rotatable bonds is 2. The van der Waals surface area contributed by atoms with Crippen LogP contribution in [0.4, 0.5) is 0 Å². The van der Waals surface area contributed by atoms with Gasteiger partial charge in [0.15, 0.2) is 29.7 Å². The summed E-state index contributed by atoms with van der Waals surface area (Å²) < 4.78 is 13.4. The standard InChI is InChI=1S/C50H46N2OS/c1-30-12-11-13-31(2)45(30)41-27-44-46-33(18-21-39-40-22-19-34-23-25-54-49(34)48(40)53-47(39)46)17-20-38-36-14-7-8-15-37(36)42-16-9-10-24-51(42)43(38)26-32(3)52(44)29-35(41)28-50(4,5)6/h7-16,18-19,21-25,27,29,38,43H,3,17,20,26,28H2,1-2,4-6H3/q+2. The zero-order chi connectivity index (χ0) is 36.9. The van der Waals surface area contributed by atoms with Gasteiger partial charge in [0, 0.05) is 46.0 Å². The van der Waals surface area contributed by atoms with Crippen molar-refractivity contribution in [1.82, 2.24) is 0 Å². The van der Waals surface area contributed by atoms with Crippen LogP contribution in [0.25, 0.3) is 71.4 Å². The van der Waals surface area contributed by atoms with Crippen molar-refractivity contribution in [3.63, 3.8) is 0 Å². The van der Waals surface area contributed by atoms with Crippen molar-refractivity contribution < 1.29 is 13.6 Å². The molecule has 0 saturated heterocycles. The van der Waals surface area contributed by atoms with Gasteiger partial charge in [-0.15, -0.1) is 11.3 Å². The van der Waals surface area contributed by atoms with Crippen molar-refractivity contribution in [1.29, 1.82) is 0 Å². The smallest absolute Gasteiger partial charge is 0.222 e. The van der Waals surface area contributed by atoms with E-state index in [-0.39, 0.29) is 11.5 Å². The second-order valence-electron chi connectivity index (χ2n) is 16.9. The van der Waals surface area contributed by atoms with E-state index in [1.165, 1.54) is 76.6 Å². The normalized spacial score (nSPS) is 16.9. The zero-order valence-electron chi connectivity index (χ0n) is 31.9. The van der Waals surface area contributed by atoms with Crippen LogP contribution in [-0.4, -0.2) is 0 Å². The van der Waals surface area contributed by atoms with Crippen LogP contribution in [0.3, 0.4) is 0 Å². The van der Waals surface area contributed by atoms with Crippen LogP contribution >= 0.6 is 11.3 Å².